The third kappa shape index (κ3) is 19.3. The van der Waals surface area contributed by atoms with Crippen LogP contribution in [0.5, 0.6) is 0 Å². The van der Waals surface area contributed by atoms with Crippen molar-refractivity contribution in [2.45, 2.75) is 172 Å². The van der Waals surface area contributed by atoms with E-state index in [1.165, 1.54) is 57.8 Å². The molecule has 1 saturated heterocycles. The smallest absolute Gasteiger partial charge is 0.394 e. The Kier molecular flexibility index (Phi) is 23.2. The number of ether oxygens (including phenoxy) is 2. The van der Waals surface area contributed by atoms with Gasteiger partial charge in [-0.3, -0.25) is 9.35 Å². The number of aliphatic hydroxyl groups excluding tert-OH is 4. The molecule has 0 bridgehead atoms. The first kappa shape index (κ1) is 41.9. The highest BCUT2D eigenvalue weighted by Crippen LogP contribution is 2.26. The first-order chi connectivity index (χ1) is 21.5. The van der Waals surface area contributed by atoms with E-state index in [1.807, 2.05) is 6.08 Å². The second kappa shape index (κ2) is 24.9. The summed E-state index contributed by atoms with van der Waals surface area (Å²) in [5, 5.41) is 44.1. The monoisotopic (exact) mass is 667 g/mol. The fourth-order valence-electron chi connectivity index (χ4n) is 5.33. The normalized spacial score (nSPS) is 23.8. The van der Waals surface area contributed by atoms with Gasteiger partial charge in [-0.1, -0.05) is 116 Å². The van der Waals surface area contributed by atoms with Crippen LogP contribution in [-0.4, -0.2) is 95.4 Å². The summed E-state index contributed by atoms with van der Waals surface area (Å²) in [5.41, 5.74) is 0. The van der Waals surface area contributed by atoms with Gasteiger partial charge in [0.1, 0.15) is 24.4 Å². The molecule has 0 spiro atoms. The number of allylic oxidation sites excluding steroid dienone is 1. The summed E-state index contributed by atoms with van der Waals surface area (Å²) in [7, 11) is -5.07. The molecule has 6 N–H and O–H groups in total. The average molecular weight is 668 g/mol. The van der Waals surface area contributed by atoms with Gasteiger partial charge in [-0.15, -0.1) is 0 Å². The van der Waals surface area contributed by atoms with Crippen molar-refractivity contribution in [2.24, 2.45) is 0 Å². The van der Waals surface area contributed by atoms with Gasteiger partial charge in [0.2, 0.25) is 5.91 Å². The lowest BCUT2D eigenvalue weighted by atomic mass is 9.99. The molecule has 0 aromatic heterocycles. The molecule has 0 aromatic rings. The van der Waals surface area contributed by atoms with Crippen LogP contribution >= 0.6 is 0 Å². The van der Waals surface area contributed by atoms with E-state index in [0.29, 0.717) is 6.42 Å². The highest BCUT2D eigenvalue weighted by atomic mass is 32.3. The molecule has 1 rings (SSSR count). The lowest BCUT2D eigenvalue weighted by Gasteiger charge is -2.41. The van der Waals surface area contributed by atoms with Gasteiger partial charge in [-0.05, 0) is 19.3 Å². The van der Waals surface area contributed by atoms with Crippen LogP contribution in [-0.2, 0) is 28.9 Å². The highest BCUT2D eigenvalue weighted by molar-refractivity contribution is 7.80. The molecule has 266 valence electrons. The van der Waals surface area contributed by atoms with Crippen molar-refractivity contribution in [2.75, 3.05) is 13.2 Å². The van der Waals surface area contributed by atoms with E-state index in [-0.39, 0.29) is 18.9 Å². The minimum atomic E-state index is -5.07. The van der Waals surface area contributed by atoms with E-state index >= 15 is 0 Å². The number of carbonyl (C=O) groups is 1. The van der Waals surface area contributed by atoms with Crippen LogP contribution in [0.1, 0.15) is 129 Å². The molecule has 12 nitrogen and oxygen atoms in total. The fraction of sp³-hybridized carbons (Fsp3) is 0.906. The SMILES string of the molecule is CCCCCCCCC/C=C/C(O)C(COC1OC(CO)C(O)C(OS(=O)(=O)O)C1O)NC(=O)CCCCCCCCCCC. The minimum Gasteiger partial charge on any atom is -0.394 e. The summed E-state index contributed by atoms with van der Waals surface area (Å²) in [6, 6.07) is -0.933. The van der Waals surface area contributed by atoms with Gasteiger partial charge < -0.3 is 35.2 Å². The summed E-state index contributed by atoms with van der Waals surface area (Å²) in [6.45, 7) is 3.27. The standard InChI is InChI=1S/C32H61NO11S/c1-3-5-7-9-11-13-15-17-19-21-26(35)25(33-28(36)22-20-18-16-14-12-10-8-6-4-2)24-42-32-30(38)31(44-45(39,40)41)29(37)27(23-34)43-32/h19,21,25-27,29-32,34-35,37-38H,3-18,20,22-24H2,1-2H3,(H,33,36)(H,39,40,41)/b21-19+. The molecule has 1 aliphatic heterocycles. The molecule has 1 heterocycles. The second-order valence-corrected chi connectivity index (χ2v) is 13.2. The zero-order chi connectivity index (χ0) is 33.5. The molecule has 0 saturated carbocycles. The predicted molar refractivity (Wildman–Crippen MR) is 172 cm³/mol. The molecule has 7 unspecified atom stereocenters. The van der Waals surface area contributed by atoms with Gasteiger partial charge in [-0.25, -0.2) is 4.18 Å². The van der Waals surface area contributed by atoms with Gasteiger partial charge in [-0.2, -0.15) is 8.42 Å². The van der Waals surface area contributed by atoms with Crippen LogP contribution in [0.2, 0.25) is 0 Å². The molecule has 7 atom stereocenters. The number of hydrogen-bond donors (Lipinski definition) is 6. The van der Waals surface area contributed by atoms with Crippen molar-refractivity contribution in [3.63, 3.8) is 0 Å². The second-order valence-electron chi connectivity index (χ2n) is 12.1. The summed E-state index contributed by atoms with van der Waals surface area (Å²) in [5.74, 6) is -0.271. The Balaban J connectivity index is 2.73. The van der Waals surface area contributed by atoms with Gasteiger partial charge in [0.05, 0.1) is 25.4 Å². The molecule has 45 heavy (non-hydrogen) atoms. The van der Waals surface area contributed by atoms with Crippen molar-refractivity contribution in [3.8, 4) is 0 Å². The van der Waals surface area contributed by atoms with Gasteiger partial charge in [0.15, 0.2) is 6.29 Å². The zero-order valence-electron chi connectivity index (χ0n) is 27.4. The van der Waals surface area contributed by atoms with E-state index in [4.69, 9.17) is 14.0 Å². The number of aliphatic hydroxyl groups is 4. The molecule has 1 amide bonds. The number of carbonyl (C=O) groups excluding carboxylic acids is 1. The Morgan fingerprint density at radius 2 is 1.40 bits per heavy atom. The number of amides is 1. The van der Waals surface area contributed by atoms with Crippen LogP contribution in [0.25, 0.3) is 0 Å². The number of unbranched alkanes of at least 4 members (excludes halogenated alkanes) is 15. The lowest BCUT2D eigenvalue weighted by molar-refractivity contribution is -0.298. The van der Waals surface area contributed by atoms with E-state index < -0.39 is 59.9 Å². The summed E-state index contributed by atoms with van der Waals surface area (Å²) >= 11 is 0. The van der Waals surface area contributed by atoms with Crippen molar-refractivity contribution in [1.29, 1.82) is 0 Å². The molecule has 13 heteroatoms. The Labute approximate surface area is 270 Å². The molecule has 1 aliphatic rings. The number of hydrogen-bond acceptors (Lipinski definition) is 10. The first-order valence-corrected chi connectivity index (χ1v) is 18.4. The van der Waals surface area contributed by atoms with E-state index in [0.717, 1.165) is 44.9 Å². The maximum absolute atomic E-state index is 12.8. The summed E-state index contributed by atoms with van der Waals surface area (Å²) in [4.78, 5) is 12.8. The first-order valence-electron chi connectivity index (χ1n) is 17.1. The molecule has 0 radical (unpaired) electrons. The molecule has 0 aliphatic carbocycles. The Hall–Kier alpha value is -1.16. The van der Waals surface area contributed by atoms with Crippen LogP contribution < -0.4 is 5.32 Å². The van der Waals surface area contributed by atoms with Gasteiger partial charge in [0, 0.05) is 6.42 Å². The topological polar surface area (TPSA) is 192 Å². The fourth-order valence-corrected chi connectivity index (χ4v) is 5.84. The highest BCUT2D eigenvalue weighted by Gasteiger charge is 2.48. The Morgan fingerprint density at radius 1 is 0.867 bits per heavy atom. The third-order valence-corrected chi connectivity index (χ3v) is 8.53. The van der Waals surface area contributed by atoms with Gasteiger partial charge in [0.25, 0.3) is 0 Å². The van der Waals surface area contributed by atoms with E-state index in [9.17, 15) is 33.6 Å². The molecular weight excluding hydrogens is 606 g/mol. The molecular formula is C32H61NO11S. The van der Waals surface area contributed by atoms with Crippen LogP contribution in [0.4, 0.5) is 0 Å². The van der Waals surface area contributed by atoms with Crippen molar-refractivity contribution >= 4 is 16.3 Å². The molecule has 0 aromatic carbocycles. The lowest BCUT2D eigenvalue weighted by Crippen LogP contribution is -2.61. The van der Waals surface area contributed by atoms with Gasteiger partial charge >= 0.3 is 10.4 Å². The zero-order valence-corrected chi connectivity index (χ0v) is 28.2. The largest absolute Gasteiger partial charge is 0.397 e. The maximum Gasteiger partial charge on any atom is 0.397 e. The molecule has 1 fully saturated rings. The number of nitrogens with one attached hydrogen (secondary N) is 1. The average Bonchev–Trinajstić information content (AvgIpc) is 2.99. The maximum atomic E-state index is 12.8. The van der Waals surface area contributed by atoms with E-state index in [2.05, 4.69) is 23.3 Å². The Bertz CT molecular complexity index is 888. The Morgan fingerprint density at radius 3 is 1.93 bits per heavy atom. The summed E-state index contributed by atoms with van der Waals surface area (Å²) < 4.78 is 47.1. The van der Waals surface area contributed by atoms with Crippen LogP contribution in [0.15, 0.2) is 12.2 Å². The van der Waals surface area contributed by atoms with Crippen LogP contribution in [0.3, 0.4) is 0 Å². The minimum absolute atomic E-state index is 0.270. The third-order valence-electron chi connectivity index (χ3n) is 8.07. The van der Waals surface area contributed by atoms with Crippen molar-refractivity contribution in [3.05, 3.63) is 12.2 Å². The van der Waals surface area contributed by atoms with E-state index in [1.54, 1.807) is 6.08 Å². The summed E-state index contributed by atoms with van der Waals surface area (Å²) in [6.07, 6.45) is 12.9. The van der Waals surface area contributed by atoms with Crippen LogP contribution in [0, 0.1) is 0 Å². The number of rotatable bonds is 27. The van der Waals surface area contributed by atoms with Crippen molar-refractivity contribution in [1.82, 2.24) is 5.32 Å². The predicted octanol–water partition coefficient (Wildman–Crippen LogP) is 4.09. The quantitative estimate of drug-likeness (QED) is 0.0420. The van der Waals surface area contributed by atoms with Crippen molar-refractivity contribution < 1.29 is 51.8 Å².